The molecule has 0 radical (unpaired) electrons. The number of nitrogens with zero attached hydrogens (tertiary/aromatic N) is 2. The fourth-order valence-corrected chi connectivity index (χ4v) is 3.03. The largest absolute Gasteiger partial charge is 0.394 e. The molecule has 1 aliphatic rings. The minimum atomic E-state index is -0.954. The molecule has 0 aliphatic carbocycles. The van der Waals surface area contributed by atoms with Crippen LogP contribution in [0.2, 0.25) is 0 Å². The van der Waals surface area contributed by atoms with E-state index in [0.717, 1.165) is 25.2 Å². The van der Waals surface area contributed by atoms with Crippen LogP contribution in [0.1, 0.15) is 10.5 Å². The molecular formula is C17H22ClF2N3O3. The van der Waals surface area contributed by atoms with Crippen LogP contribution in [0.15, 0.2) is 18.2 Å². The van der Waals surface area contributed by atoms with Crippen molar-refractivity contribution in [2.24, 2.45) is 0 Å². The van der Waals surface area contributed by atoms with E-state index in [1.807, 2.05) is 0 Å². The summed E-state index contributed by atoms with van der Waals surface area (Å²) in [4.78, 5) is 14.6. The zero-order valence-corrected chi connectivity index (χ0v) is 15.0. The van der Waals surface area contributed by atoms with Crippen LogP contribution in [-0.4, -0.2) is 66.5 Å². The van der Waals surface area contributed by atoms with Gasteiger partial charge in [0.1, 0.15) is 5.69 Å². The Kier molecular flexibility index (Phi) is 7.33. The number of aliphatic hydroxyl groups is 1. The second-order valence-corrected chi connectivity index (χ2v) is 5.88. The highest BCUT2D eigenvalue weighted by Gasteiger charge is 2.23. The lowest BCUT2D eigenvalue weighted by molar-refractivity contribution is 0.0711. The lowest BCUT2D eigenvalue weighted by Gasteiger charge is -2.27. The zero-order chi connectivity index (χ0) is 17.8. The number of hydrogen-bond acceptors (Lipinski definition) is 4. The number of rotatable bonds is 6. The molecule has 1 aromatic heterocycles. The fraction of sp³-hybridized carbons (Fsp3) is 0.471. The van der Waals surface area contributed by atoms with Crippen molar-refractivity contribution in [3.63, 3.8) is 0 Å². The van der Waals surface area contributed by atoms with Crippen LogP contribution in [-0.2, 0) is 11.3 Å². The summed E-state index contributed by atoms with van der Waals surface area (Å²) in [5, 5.41) is 12.4. The van der Waals surface area contributed by atoms with Crippen LogP contribution in [0.3, 0.4) is 0 Å². The van der Waals surface area contributed by atoms with E-state index < -0.39 is 11.6 Å². The third kappa shape index (κ3) is 4.32. The Hall–Kier alpha value is -1.74. The van der Waals surface area contributed by atoms with Gasteiger partial charge in [-0.15, -0.1) is 12.4 Å². The number of benzene rings is 1. The van der Waals surface area contributed by atoms with Gasteiger partial charge in [-0.25, -0.2) is 8.78 Å². The number of aliphatic hydroxyl groups excluding tert-OH is 1. The van der Waals surface area contributed by atoms with Gasteiger partial charge < -0.3 is 24.6 Å². The van der Waals surface area contributed by atoms with E-state index in [4.69, 9.17) is 9.84 Å². The van der Waals surface area contributed by atoms with Gasteiger partial charge in [-0.1, -0.05) is 0 Å². The Bertz CT molecular complexity index is 763. The average molecular weight is 390 g/mol. The van der Waals surface area contributed by atoms with Gasteiger partial charge in [-0.2, -0.15) is 0 Å². The van der Waals surface area contributed by atoms with E-state index in [-0.39, 0.29) is 38.1 Å². The molecule has 1 aromatic carbocycles. The average Bonchev–Trinajstić information content (AvgIpc) is 2.97. The Morgan fingerprint density at radius 2 is 1.85 bits per heavy atom. The molecule has 0 spiro atoms. The number of fused-ring (bicyclic) bond motifs is 1. The van der Waals surface area contributed by atoms with Gasteiger partial charge in [0.15, 0.2) is 11.6 Å². The second kappa shape index (κ2) is 9.27. The molecule has 26 heavy (non-hydrogen) atoms. The third-order valence-electron chi connectivity index (χ3n) is 4.26. The van der Waals surface area contributed by atoms with Gasteiger partial charge in [0.25, 0.3) is 5.91 Å². The first kappa shape index (κ1) is 20.6. The summed E-state index contributed by atoms with van der Waals surface area (Å²) in [6, 6.07) is 3.80. The Morgan fingerprint density at radius 3 is 2.54 bits per heavy atom. The lowest BCUT2D eigenvalue weighted by Crippen LogP contribution is -2.46. The van der Waals surface area contributed by atoms with Crippen molar-refractivity contribution in [1.29, 1.82) is 0 Å². The summed E-state index contributed by atoms with van der Waals surface area (Å²) >= 11 is 0. The maximum atomic E-state index is 13.7. The molecule has 1 fully saturated rings. The van der Waals surface area contributed by atoms with Crippen LogP contribution >= 0.6 is 12.4 Å². The molecule has 3 rings (SSSR count). The number of halogens is 3. The van der Waals surface area contributed by atoms with Gasteiger partial charge in [0.05, 0.1) is 25.3 Å². The van der Waals surface area contributed by atoms with Crippen LogP contribution in [0.4, 0.5) is 8.78 Å². The standard InChI is InChI=1S/C17H21F2N3O3.ClH/c18-13-9-12-10-16(17(24)21-3-1-20-2-4-21)22(5-7-25-8-6-23)15(12)11-14(13)19;/h9-11,20,23H,1-8H2;1H. The minimum Gasteiger partial charge on any atom is -0.394 e. The van der Waals surface area contributed by atoms with Gasteiger partial charge in [0.2, 0.25) is 0 Å². The Morgan fingerprint density at radius 1 is 1.15 bits per heavy atom. The fourth-order valence-electron chi connectivity index (χ4n) is 3.03. The highest BCUT2D eigenvalue weighted by molar-refractivity contribution is 5.99. The molecule has 0 unspecified atom stereocenters. The van der Waals surface area contributed by atoms with Crippen molar-refractivity contribution in [3.05, 3.63) is 35.5 Å². The monoisotopic (exact) mass is 389 g/mol. The minimum absolute atomic E-state index is 0. The molecule has 1 saturated heterocycles. The molecule has 6 nitrogen and oxygen atoms in total. The highest BCUT2D eigenvalue weighted by Crippen LogP contribution is 2.24. The molecule has 1 amide bonds. The van der Waals surface area contributed by atoms with Crippen molar-refractivity contribution in [2.45, 2.75) is 6.54 Å². The number of carbonyl (C=O) groups excluding carboxylic acids is 1. The normalized spacial score (nSPS) is 14.5. The summed E-state index contributed by atoms with van der Waals surface area (Å²) in [6.07, 6.45) is 0. The van der Waals surface area contributed by atoms with Gasteiger partial charge >= 0.3 is 0 Å². The maximum absolute atomic E-state index is 13.7. The van der Waals surface area contributed by atoms with Crippen LogP contribution in [0, 0.1) is 11.6 Å². The predicted octanol–water partition coefficient (Wildman–Crippen LogP) is 1.40. The number of amides is 1. The number of piperazine rings is 1. The smallest absolute Gasteiger partial charge is 0.270 e. The number of nitrogens with one attached hydrogen (secondary N) is 1. The number of hydrogen-bond donors (Lipinski definition) is 2. The molecular weight excluding hydrogens is 368 g/mol. The molecule has 2 heterocycles. The van der Waals surface area contributed by atoms with E-state index in [0.29, 0.717) is 36.2 Å². The number of aromatic nitrogens is 1. The van der Waals surface area contributed by atoms with E-state index in [1.54, 1.807) is 15.5 Å². The molecule has 144 valence electrons. The Labute approximate surface area is 156 Å². The van der Waals surface area contributed by atoms with Gasteiger partial charge in [0, 0.05) is 44.2 Å². The maximum Gasteiger partial charge on any atom is 0.270 e. The Balaban J connectivity index is 0.00000243. The first-order chi connectivity index (χ1) is 12.1. The van der Waals surface area contributed by atoms with Crippen LogP contribution in [0.5, 0.6) is 0 Å². The highest BCUT2D eigenvalue weighted by atomic mass is 35.5. The van der Waals surface area contributed by atoms with Crippen molar-refractivity contribution in [2.75, 3.05) is 46.0 Å². The molecule has 0 bridgehead atoms. The first-order valence-corrected chi connectivity index (χ1v) is 8.28. The zero-order valence-electron chi connectivity index (χ0n) is 14.2. The quantitative estimate of drug-likeness (QED) is 0.733. The van der Waals surface area contributed by atoms with Crippen LogP contribution < -0.4 is 5.32 Å². The molecule has 2 N–H and O–H groups in total. The van der Waals surface area contributed by atoms with Gasteiger partial charge in [-0.05, 0) is 12.1 Å². The number of ether oxygens (including phenoxy) is 1. The van der Waals surface area contributed by atoms with Crippen molar-refractivity contribution >= 4 is 29.2 Å². The lowest BCUT2D eigenvalue weighted by atomic mass is 10.2. The molecule has 0 saturated carbocycles. The first-order valence-electron chi connectivity index (χ1n) is 8.28. The van der Waals surface area contributed by atoms with Crippen molar-refractivity contribution in [1.82, 2.24) is 14.8 Å². The summed E-state index contributed by atoms with van der Waals surface area (Å²) < 4.78 is 34.2. The van der Waals surface area contributed by atoms with Crippen LogP contribution in [0.25, 0.3) is 10.9 Å². The van der Waals surface area contributed by atoms with Crippen molar-refractivity contribution in [3.8, 4) is 0 Å². The number of carbonyl (C=O) groups is 1. The summed E-state index contributed by atoms with van der Waals surface area (Å²) in [7, 11) is 0. The predicted molar refractivity (Wildman–Crippen MR) is 95.8 cm³/mol. The summed E-state index contributed by atoms with van der Waals surface area (Å²) in [5.74, 6) is -2.06. The second-order valence-electron chi connectivity index (χ2n) is 5.88. The van der Waals surface area contributed by atoms with Gasteiger partial charge in [-0.3, -0.25) is 4.79 Å². The van der Waals surface area contributed by atoms with E-state index in [1.165, 1.54) is 0 Å². The molecule has 0 atom stereocenters. The molecule has 2 aromatic rings. The SMILES string of the molecule is Cl.O=C(c1cc2cc(F)c(F)cc2n1CCOCCO)N1CCNCC1. The molecule has 1 aliphatic heterocycles. The van der Waals surface area contributed by atoms with E-state index >= 15 is 0 Å². The third-order valence-corrected chi connectivity index (χ3v) is 4.26. The topological polar surface area (TPSA) is 66.7 Å². The van der Waals surface area contributed by atoms with E-state index in [9.17, 15) is 13.6 Å². The summed E-state index contributed by atoms with van der Waals surface area (Å²) in [5.41, 5.74) is 0.833. The van der Waals surface area contributed by atoms with E-state index in [2.05, 4.69) is 5.32 Å². The molecule has 9 heteroatoms. The summed E-state index contributed by atoms with van der Waals surface area (Å²) in [6.45, 7) is 3.26. The van der Waals surface area contributed by atoms with Crippen molar-refractivity contribution < 1.29 is 23.4 Å².